The summed E-state index contributed by atoms with van der Waals surface area (Å²) in [5.74, 6) is 1.66. The second kappa shape index (κ2) is 16.2. The summed E-state index contributed by atoms with van der Waals surface area (Å²) < 4.78 is 16.3. The van der Waals surface area contributed by atoms with Crippen molar-refractivity contribution in [1.82, 2.24) is 28.7 Å². The highest BCUT2D eigenvalue weighted by Crippen LogP contribution is 2.47. The fourth-order valence-corrected chi connectivity index (χ4v) is 13.7. The molecule has 0 saturated heterocycles. The summed E-state index contributed by atoms with van der Waals surface area (Å²) in [6.45, 7) is 0. The van der Waals surface area contributed by atoms with E-state index in [0.29, 0.717) is 17.6 Å². The number of fused-ring (bicyclic) bond motifs is 16. The number of hydrogen-bond acceptors (Lipinski definition) is 5. The van der Waals surface area contributed by atoms with Gasteiger partial charge in [0.2, 0.25) is 5.95 Å². The molecule has 77 heavy (non-hydrogen) atoms. The Morgan fingerprint density at radius 2 is 0.896 bits per heavy atom. The van der Waals surface area contributed by atoms with Crippen LogP contribution >= 0.6 is 11.3 Å². The normalized spacial score (nSPS) is 12.2. The first-order chi connectivity index (χ1) is 38.2. The summed E-state index contributed by atoms with van der Waals surface area (Å²) in [5, 5.41) is 11.5. The highest BCUT2D eigenvalue weighted by molar-refractivity contribution is 7.26. The zero-order valence-corrected chi connectivity index (χ0v) is 41.9. The molecule has 0 unspecified atom stereocenters. The molecule has 6 heterocycles. The smallest absolute Gasteiger partial charge is 0.238 e. The maximum Gasteiger partial charge on any atom is 0.238 e. The summed E-state index contributed by atoms with van der Waals surface area (Å²) >= 11 is 1.86. The van der Waals surface area contributed by atoms with Crippen molar-refractivity contribution in [1.29, 1.82) is 0 Å². The zero-order valence-electron chi connectivity index (χ0n) is 41.1. The van der Waals surface area contributed by atoms with E-state index in [0.717, 1.165) is 82.5 Å². The molecule has 8 heteroatoms. The van der Waals surface area contributed by atoms with Crippen LogP contribution in [-0.2, 0) is 0 Å². The van der Waals surface area contributed by atoms with E-state index in [-0.39, 0.29) is 0 Å². The molecular formula is C69H40N6OS. The molecular weight excluding hydrogens is 961 g/mol. The monoisotopic (exact) mass is 1000 g/mol. The predicted octanol–water partition coefficient (Wildman–Crippen LogP) is 18.4. The molecule has 0 aliphatic heterocycles. The summed E-state index contributed by atoms with van der Waals surface area (Å²) in [4.78, 5) is 16.4. The zero-order chi connectivity index (χ0) is 50.3. The third kappa shape index (κ3) is 6.10. The van der Waals surface area contributed by atoms with Crippen molar-refractivity contribution in [2.75, 3.05) is 0 Å². The Balaban J connectivity index is 0.899. The molecule has 0 amide bonds. The molecule has 0 aliphatic carbocycles. The minimum absolute atomic E-state index is 0.527. The maximum atomic E-state index is 6.76. The maximum absolute atomic E-state index is 6.76. The quantitative estimate of drug-likeness (QED) is 0.166. The van der Waals surface area contributed by atoms with E-state index in [1.165, 1.54) is 58.6 Å². The van der Waals surface area contributed by atoms with E-state index in [1.807, 2.05) is 41.7 Å². The van der Waals surface area contributed by atoms with Gasteiger partial charge in [-0.05, 0) is 77.9 Å². The fourth-order valence-electron chi connectivity index (χ4n) is 12.5. The van der Waals surface area contributed by atoms with Crippen LogP contribution in [0.5, 0.6) is 0 Å². The van der Waals surface area contributed by atoms with E-state index in [4.69, 9.17) is 19.4 Å². The van der Waals surface area contributed by atoms with Crippen LogP contribution in [0.2, 0.25) is 0 Å². The third-order valence-electron chi connectivity index (χ3n) is 15.7. The number of furan rings is 1. The number of aromatic nitrogens is 6. The lowest BCUT2D eigenvalue weighted by atomic mass is 9.97. The van der Waals surface area contributed by atoms with E-state index in [9.17, 15) is 0 Å². The summed E-state index contributed by atoms with van der Waals surface area (Å²) in [7, 11) is 0. The third-order valence-corrected chi connectivity index (χ3v) is 16.9. The van der Waals surface area contributed by atoms with Gasteiger partial charge in [0, 0.05) is 75.4 Å². The van der Waals surface area contributed by atoms with Crippen LogP contribution in [0.1, 0.15) is 0 Å². The minimum Gasteiger partial charge on any atom is -0.456 e. The number of nitrogens with zero attached hydrogens (tertiary/aromatic N) is 6. The fraction of sp³-hybridized carbons (Fsp3) is 0. The number of hydrogen-bond donors (Lipinski definition) is 0. The Labute approximate surface area is 443 Å². The highest BCUT2D eigenvalue weighted by Gasteiger charge is 2.25. The number of thiophene rings is 1. The Hall–Kier alpha value is -10.2. The van der Waals surface area contributed by atoms with Crippen molar-refractivity contribution >= 4 is 119 Å². The number of rotatable bonds is 6. The molecule has 0 radical (unpaired) electrons. The van der Waals surface area contributed by atoms with Gasteiger partial charge in [0.1, 0.15) is 11.2 Å². The Morgan fingerprint density at radius 1 is 0.338 bits per heavy atom. The Morgan fingerprint density at radius 3 is 1.61 bits per heavy atom. The van der Waals surface area contributed by atoms with Crippen molar-refractivity contribution in [3.63, 3.8) is 0 Å². The van der Waals surface area contributed by atoms with E-state index < -0.39 is 0 Å². The van der Waals surface area contributed by atoms with Crippen LogP contribution in [0, 0.1) is 0 Å². The highest BCUT2D eigenvalue weighted by atomic mass is 32.1. The molecule has 0 saturated carbocycles. The first-order valence-corrected chi connectivity index (χ1v) is 26.7. The van der Waals surface area contributed by atoms with Crippen molar-refractivity contribution in [2.24, 2.45) is 0 Å². The molecule has 0 aliphatic rings. The lowest BCUT2D eigenvalue weighted by Crippen LogP contribution is -2.07. The molecule has 0 spiro atoms. The van der Waals surface area contributed by atoms with E-state index in [1.54, 1.807) is 0 Å². The summed E-state index contributed by atoms with van der Waals surface area (Å²) in [6, 6.07) is 86.5. The van der Waals surface area contributed by atoms with Gasteiger partial charge >= 0.3 is 0 Å². The average molecular weight is 1000 g/mol. The molecule has 11 aromatic carbocycles. The number of para-hydroxylation sites is 5. The molecule has 0 N–H and O–H groups in total. The number of benzene rings is 11. The molecule has 0 atom stereocenters. The van der Waals surface area contributed by atoms with Crippen LogP contribution < -0.4 is 0 Å². The first-order valence-electron chi connectivity index (χ1n) is 25.9. The van der Waals surface area contributed by atoms with Crippen molar-refractivity contribution in [3.8, 4) is 51.2 Å². The van der Waals surface area contributed by atoms with Crippen molar-refractivity contribution in [3.05, 3.63) is 243 Å². The Bertz CT molecular complexity index is 5240. The van der Waals surface area contributed by atoms with Gasteiger partial charge in [0.15, 0.2) is 11.6 Å². The van der Waals surface area contributed by atoms with Crippen LogP contribution in [0.3, 0.4) is 0 Å². The van der Waals surface area contributed by atoms with Gasteiger partial charge < -0.3 is 13.6 Å². The van der Waals surface area contributed by atoms with E-state index in [2.05, 4.69) is 226 Å². The molecule has 17 aromatic rings. The van der Waals surface area contributed by atoms with Gasteiger partial charge in [-0.1, -0.05) is 176 Å². The van der Waals surface area contributed by atoms with Gasteiger partial charge in [-0.15, -0.1) is 11.3 Å². The second-order valence-electron chi connectivity index (χ2n) is 19.8. The van der Waals surface area contributed by atoms with Gasteiger partial charge in [-0.3, -0.25) is 4.57 Å². The predicted molar refractivity (Wildman–Crippen MR) is 319 cm³/mol. The van der Waals surface area contributed by atoms with Crippen molar-refractivity contribution < 1.29 is 4.42 Å². The average Bonchev–Trinajstić information content (AvgIpc) is 4.46. The van der Waals surface area contributed by atoms with Gasteiger partial charge in [0.05, 0.1) is 43.5 Å². The lowest BCUT2D eigenvalue weighted by Gasteiger charge is -2.13. The van der Waals surface area contributed by atoms with Gasteiger partial charge in [-0.2, -0.15) is 9.97 Å². The first kappa shape index (κ1) is 42.2. The van der Waals surface area contributed by atoms with Crippen LogP contribution in [0.15, 0.2) is 247 Å². The molecule has 7 nitrogen and oxygen atoms in total. The SMILES string of the molecule is c1ccc(-c2nc(-c3cccc4oc5ccc(-c6cccc7sc8c(-n9c%10ccccc%10c%10ccccc%109)cccc8c67)cc5c34)nc(-n3c4ccccc4c4ccc5c6ccccc6n(-c6ccccc6)c5c43)n2)cc1. The summed E-state index contributed by atoms with van der Waals surface area (Å²) in [6.07, 6.45) is 0. The molecule has 6 aromatic heterocycles. The summed E-state index contributed by atoms with van der Waals surface area (Å²) in [5.41, 5.74) is 14.5. The van der Waals surface area contributed by atoms with Crippen LogP contribution in [0.4, 0.5) is 0 Å². The van der Waals surface area contributed by atoms with Gasteiger partial charge in [-0.25, -0.2) is 4.98 Å². The molecule has 358 valence electrons. The molecule has 17 rings (SSSR count). The lowest BCUT2D eigenvalue weighted by molar-refractivity contribution is 0.669. The van der Waals surface area contributed by atoms with Crippen LogP contribution in [0.25, 0.3) is 159 Å². The van der Waals surface area contributed by atoms with Crippen LogP contribution in [-0.4, -0.2) is 28.7 Å². The van der Waals surface area contributed by atoms with Crippen molar-refractivity contribution in [2.45, 2.75) is 0 Å². The van der Waals surface area contributed by atoms with Gasteiger partial charge in [0.25, 0.3) is 0 Å². The van der Waals surface area contributed by atoms with E-state index >= 15 is 0 Å². The second-order valence-corrected chi connectivity index (χ2v) is 20.9. The largest absolute Gasteiger partial charge is 0.456 e. The topological polar surface area (TPSA) is 66.6 Å². The Kier molecular flexibility index (Phi) is 8.87. The minimum atomic E-state index is 0.527. The molecule has 0 bridgehead atoms. The molecule has 0 fully saturated rings. The standard InChI is InChI=1S/C69H40N6OS/c1-3-18-41(19-4-1)67-70-68(72-69(71-67)75-57-32-14-10-25-48(57)50-38-37-49-47-24-9-11-29-54(47)73(64(49)65(50)75)43-20-5-2-6-21-43)52-28-16-34-60-62(52)53-40-42(36-39-59(53)76-60)44-26-17-35-61-63(44)51-27-15-33-58(66(51)77-61)74-55-30-12-7-22-45(55)46-23-8-13-31-56(46)74/h1-40H.